The maximum absolute atomic E-state index is 12.6. The van der Waals surface area contributed by atoms with Gasteiger partial charge in [-0.2, -0.15) is 4.73 Å². The number of carbonyl (C=O) groups is 2. The summed E-state index contributed by atoms with van der Waals surface area (Å²) in [7, 11) is 0. The van der Waals surface area contributed by atoms with Crippen molar-refractivity contribution in [1.29, 1.82) is 0 Å². The minimum Gasteiger partial charge on any atom is -0.406 e. The second-order valence-corrected chi connectivity index (χ2v) is 6.31. The molecule has 2 aromatic carbocycles. The van der Waals surface area contributed by atoms with Gasteiger partial charge >= 0.3 is 0 Å². The summed E-state index contributed by atoms with van der Waals surface area (Å²) in [5.41, 5.74) is 2.07. The third kappa shape index (κ3) is 4.17. The first kappa shape index (κ1) is 19.1. The lowest BCUT2D eigenvalue weighted by Crippen LogP contribution is -2.32. The molecule has 0 spiro atoms. The van der Waals surface area contributed by atoms with E-state index in [1.165, 1.54) is 19.2 Å². The Morgan fingerprint density at radius 1 is 0.964 bits per heavy atom. The number of pyridine rings is 1. The Balaban J connectivity index is 1.81. The van der Waals surface area contributed by atoms with Crippen LogP contribution in [0.25, 0.3) is 0 Å². The highest BCUT2D eigenvalue weighted by Crippen LogP contribution is 2.16. The van der Waals surface area contributed by atoms with Crippen molar-refractivity contribution in [3.63, 3.8) is 0 Å². The zero-order valence-electron chi connectivity index (χ0n) is 15.6. The number of Topliss-reactive ketones (excluding diaryl/α,β-unsaturated/α-hetero) is 1. The zero-order chi connectivity index (χ0) is 20.1. The van der Waals surface area contributed by atoms with Gasteiger partial charge in [-0.05, 0) is 49.2 Å². The van der Waals surface area contributed by atoms with Gasteiger partial charge < -0.3 is 10.2 Å². The molecule has 1 amide bonds. The number of nitrogens with one attached hydrogen (secondary N) is 1. The number of hydrogen-bond acceptors (Lipinski definition) is 4. The summed E-state index contributed by atoms with van der Waals surface area (Å²) in [6.45, 7) is 3.57. The topological polar surface area (TPSA) is 77.4 Å². The molecule has 0 unspecified atom stereocenters. The van der Waals surface area contributed by atoms with Crippen molar-refractivity contribution in [2.24, 2.45) is 0 Å². The van der Waals surface area contributed by atoms with Crippen LogP contribution in [0.15, 0.2) is 71.7 Å². The van der Waals surface area contributed by atoms with Gasteiger partial charge in [-0.25, -0.2) is 0 Å². The minimum atomic E-state index is -0.604. The minimum absolute atomic E-state index is 0.0781. The van der Waals surface area contributed by atoms with Gasteiger partial charge in [0.2, 0.25) is 0 Å². The van der Waals surface area contributed by atoms with E-state index in [1.54, 1.807) is 30.3 Å². The third-order valence-corrected chi connectivity index (χ3v) is 4.33. The molecule has 0 bridgehead atoms. The van der Waals surface area contributed by atoms with Crippen molar-refractivity contribution in [2.45, 2.75) is 20.5 Å². The maximum atomic E-state index is 12.6. The van der Waals surface area contributed by atoms with Crippen LogP contribution >= 0.6 is 0 Å². The van der Waals surface area contributed by atoms with Crippen LogP contribution in [0.4, 0.5) is 5.69 Å². The van der Waals surface area contributed by atoms with Gasteiger partial charge in [0, 0.05) is 11.8 Å². The molecule has 28 heavy (non-hydrogen) atoms. The molecule has 0 fully saturated rings. The van der Waals surface area contributed by atoms with Crippen molar-refractivity contribution in [1.82, 2.24) is 4.73 Å². The van der Waals surface area contributed by atoms with Crippen molar-refractivity contribution in [3.8, 4) is 0 Å². The van der Waals surface area contributed by atoms with Crippen LogP contribution < -0.4 is 15.7 Å². The molecule has 0 saturated heterocycles. The highest BCUT2D eigenvalue weighted by Gasteiger charge is 2.15. The molecule has 3 rings (SSSR count). The number of ketones is 1. The van der Waals surface area contributed by atoms with Crippen LogP contribution in [0.1, 0.15) is 38.8 Å². The Labute approximate surface area is 162 Å². The van der Waals surface area contributed by atoms with Crippen molar-refractivity contribution >= 4 is 17.4 Å². The summed E-state index contributed by atoms with van der Waals surface area (Å²) in [5.74, 6) is -0.782. The molecule has 6 heteroatoms. The Hall–Kier alpha value is -3.67. The third-order valence-electron chi connectivity index (χ3n) is 4.33. The average Bonchev–Trinajstić information content (AvgIpc) is 2.68. The van der Waals surface area contributed by atoms with Gasteiger partial charge in [0.05, 0.1) is 5.69 Å². The van der Waals surface area contributed by atoms with E-state index in [0.29, 0.717) is 11.3 Å². The molecular weight excluding hydrogens is 356 g/mol. The number of amides is 1. The van der Waals surface area contributed by atoms with Gasteiger partial charge in [0.25, 0.3) is 11.5 Å². The number of hydrogen-bond donors (Lipinski definition) is 1. The number of anilines is 1. The van der Waals surface area contributed by atoms with Crippen molar-refractivity contribution < 1.29 is 14.4 Å². The fourth-order valence-electron chi connectivity index (χ4n) is 2.75. The molecule has 1 aromatic heterocycles. The number of aromatic nitrogens is 1. The summed E-state index contributed by atoms with van der Waals surface area (Å²) in [5, 5.41) is 2.63. The fraction of sp³-hybridized carbons (Fsp3) is 0.136. The average molecular weight is 376 g/mol. The van der Waals surface area contributed by atoms with Gasteiger partial charge in [0.1, 0.15) is 12.2 Å². The number of rotatable bonds is 6. The summed E-state index contributed by atoms with van der Waals surface area (Å²) < 4.78 is 1.04. The van der Waals surface area contributed by atoms with Crippen LogP contribution in [0.5, 0.6) is 0 Å². The molecule has 1 N–H and O–H groups in total. The Kier molecular flexibility index (Phi) is 5.69. The monoisotopic (exact) mass is 376 g/mol. The largest absolute Gasteiger partial charge is 0.406 e. The summed E-state index contributed by atoms with van der Waals surface area (Å²) in [6, 6.07) is 17.3. The van der Waals surface area contributed by atoms with E-state index in [-0.39, 0.29) is 18.0 Å². The molecule has 0 aliphatic heterocycles. The number of para-hydroxylation sites is 1. The van der Waals surface area contributed by atoms with Gasteiger partial charge in [-0.1, -0.05) is 36.4 Å². The molecule has 0 aliphatic carbocycles. The normalized spacial score (nSPS) is 10.4. The number of carbonyl (C=O) groups excluding carboxylic acids is 2. The van der Waals surface area contributed by atoms with E-state index in [1.807, 2.05) is 31.2 Å². The maximum Gasteiger partial charge on any atom is 0.295 e. The smallest absolute Gasteiger partial charge is 0.295 e. The van der Waals surface area contributed by atoms with Gasteiger partial charge in [-0.3, -0.25) is 14.4 Å². The van der Waals surface area contributed by atoms with Crippen LogP contribution in [-0.4, -0.2) is 16.4 Å². The molecule has 3 aromatic rings. The van der Waals surface area contributed by atoms with Crippen LogP contribution in [0.3, 0.4) is 0 Å². The van der Waals surface area contributed by atoms with Crippen LogP contribution in [-0.2, 0) is 6.61 Å². The molecule has 0 radical (unpaired) electrons. The van der Waals surface area contributed by atoms with E-state index in [0.717, 1.165) is 15.9 Å². The Bertz CT molecular complexity index is 1090. The molecule has 1 heterocycles. The molecule has 6 nitrogen and oxygen atoms in total. The first-order valence-corrected chi connectivity index (χ1v) is 8.78. The lowest BCUT2D eigenvalue weighted by Gasteiger charge is -2.12. The van der Waals surface area contributed by atoms with Crippen LogP contribution in [0, 0.1) is 6.92 Å². The van der Waals surface area contributed by atoms with E-state index in [2.05, 4.69) is 5.32 Å². The first-order chi connectivity index (χ1) is 13.5. The predicted octanol–water partition coefficient (Wildman–Crippen LogP) is 3.24. The lowest BCUT2D eigenvalue weighted by atomic mass is 10.1. The van der Waals surface area contributed by atoms with E-state index in [9.17, 15) is 14.4 Å². The van der Waals surface area contributed by atoms with E-state index >= 15 is 0 Å². The Morgan fingerprint density at radius 2 is 1.64 bits per heavy atom. The number of nitrogens with zero attached hydrogens (tertiary/aromatic N) is 1. The Morgan fingerprint density at radius 3 is 2.39 bits per heavy atom. The molecule has 0 atom stereocenters. The number of aryl methyl sites for hydroxylation is 1. The SMILES string of the molecule is CC(=O)c1ccccc1NC(=O)c1cccn(OCc2ccccc2C)c1=O. The van der Waals surface area contributed by atoms with E-state index in [4.69, 9.17) is 4.84 Å². The van der Waals surface area contributed by atoms with Crippen molar-refractivity contribution in [2.75, 3.05) is 5.32 Å². The van der Waals surface area contributed by atoms with Crippen LogP contribution in [0.2, 0.25) is 0 Å². The molecule has 0 aliphatic rings. The van der Waals surface area contributed by atoms with Crippen molar-refractivity contribution in [3.05, 3.63) is 99.5 Å². The zero-order valence-corrected chi connectivity index (χ0v) is 15.6. The first-order valence-electron chi connectivity index (χ1n) is 8.78. The molecule has 0 saturated carbocycles. The number of benzene rings is 2. The van der Waals surface area contributed by atoms with E-state index < -0.39 is 11.5 Å². The second-order valence-electron chi connectivity index (χ2n) is 6.31. The highest BCUT2D eigenvalue weighted by atomic mass is 16.7. The summed E-state index contributed by atoms with van der Waals surface area (Å²) in [4.78, 5) is 42.5. The molecular formula is C22H20N2O4. The lowest BCUT2D eigenvalue weighted by molar-refractivity contribution is 0.0861. The van der Waals surface area contributed by atoms with Gasteiger partial charge in [0.15, 0.2) is 5.78 Å². The fourth-order valence-corrected chi connectivity index (χ4v) is 2.75. The second kappa shape index (κ2) is 8.35. The quantitative estimate of drug-likeness (QED) is 0.670. The predicted molar refractivity (Wildman–Crippen MR) is 107 cm³/mol. The molecule has 142 valence electrons. The highest BCUT2D eigenvalue weighted by molar-refractivity contribution is 6.08. The summed E-state index contributed by atoms with van der Waals surface area (Å²) >= 11 is 0. The van der Waals surface area contributed by atoms with Gasteiger partial charge in [-0.15, -0.1) is 0 Å². The standard InChI is InChI=1S/C22H20N2O4/c1-15-8-3-4-9-17(15)14-28-24-13-7-11-19(22(24)27)21(26)23-20-12-6-5-10-18(20)16(2)25/h3-13H,14H2,1-2H3,(H,23,26). The summed E-state index contributed by atoms with van der Waals surface area (Å²) in [6.07, 6.45) is 1.46.